The molecule has 0 radical (unpaired) electrons. The van der Waals surface area contributed by atoms with Crippen molar-refractivity contribution in [3.8, 4) is 5.75 Å². The summed E-state index contributed by atoms with van der Waals surface area (Å²) in [6, 6.07) is 13.1. The number of fused-ring (bicyclic) bond motifs is 1. The zero-order chi connectivity index (χ0) is 20.8. The number of thiol groups is 1. The van der Waals surface area contributed by atoms with Gasteiger partial charge in [0.05, 0.1) is 6.61 Å². The van der Waals surface area contributed by atoms with Crippen LogP contribution in [-0.2, 0) is 21.9 Å². The molecular weight excluding hydrogens is 413 g/mol. The van der Waals surface area contributed by atoms with Crippen molar-refractivity contribution >= 4 is 32.7 Å². The molecule has 1 aliphatic rings. The molecule has 1 saturated heterocycles. The average Bonchev–Trinajstić information content (AvgIpc) is 3.14. The number of hydrogen-bond donors (Lipinski definition) is 0. The number of halogens is 3. The van der Waals surface area contributed by atoms with Gasteiger partial charge in [-0.15, -0.1) is 0 Å². The molecule has 0 saturated carbocycles. The fourth-order valence-electron chi connectivity index (χ4n) is 2.97. The second-order valence-electron chi connectivity index (χ2n) is 6.42. The van der Waals surface area contributed by atoms with E-state index in [0.29, 0.717) is 5.92 Å². The molecule has 1 atom stereocenters. The van der Waals surface area contributed by atoms with Gasteiger partial charge in [0.25, 0.3) is 0 Å². The van der Waals surface area contributed by atoms with Crippen molar-refractivity contribution in [1.82, 2.24) is 0 Å². The Labute approximate surface area is 167 Å². The highest BCUT2D eigenvalue weighted by Crippen LogP contribution is 2.38. The predicted octanol–water partition coefficient (Wildman–Crippen LogP) is 4.37. The Kier molecular flexibility index (Phi) is 8.03. The van der Waals surface area contributed by atoms with Crippen molar-refractivity contribution in [2.75, 3.05) is 18.1 Å². The van der Waals surface area contributed by atoms with E-state index in [9.17, 15) is 13.2 Å². The molecule has 4 nitrogen and oxygen atoms in total. The summed E-state index contributed by atoms with van der Waals surface area (Å²) in [5.41, 5.74) is -4.18. The van der Waals surface area contributed by atoms with Crippen LogP contribution in [0.5, 0.6) is 5.75 Å². The summed E-state index contributed by atoms with van der Waals surface area (Å²) in [7, 11) is -6.09. The van der Waals surface area contributed by atoms with Gasteiger partial charge < -0.3 is 9.29 Å². The molecule has 156 valence electrons. The van der Waals surface area contributed by atoms with Crippen molar-refractivity contribution in [3.05, 3.63) is 42.0 Å². The standard InChI is InChI=1S/C18H22OS.CHF3O3S/c1-2-3-11-19-17-9-8-14-6-4-5-7-16(14)18(17)15-10-12-20-13-15;2-1(3,4)8(5,6)7/h4-9,15H,2-3,10-13H2,1H3;(H,5,6,7). The van der Waals surface area contributed by atoms with Gasteiger partial charge in [0.2, 0.25) is 0 Å². The van der Waals surface area contributed by atoms with E-state index in [-0.39, 0.29) is 0 Å². The van der Waals surface area contributed by atoms with Gasteiger partial charge in [-0.2, -0.15) is 13.2 Å². The molecule has 1 heterocycles. The van der Waals surface area contributed by atoms with E-state index >= 15 is 0 Å². The van der Waals surface area contributed by atoms with E-state index in [2.05, 4.69) is 43.3 Å². The summed E-state index contributed by atoms with van der Waals surface area (Å²) in [5.74, 6) is 4.43. The normalized spacial score (nSPS) is 17.2. The third kappa shape index (κ3) is 6.02. The Morgan fingerprint density at radius 3 is 2.46 bits per heavy atom. The summed E-state index contributed by atoms with van der Waals surface area (Å²) < 4.78 is 65.0. The van der Waals surface area contributed by atoms with Crippen molar-refractivity contribution < 1.29 is 30.9 Å². The van der Waals surface area contributed by atoms with Crippen molar-refractivity contribution in [2.45, 2.75) is 37.6 Å². The van der Waals surface area contributed by atoms with Crippen molar-refractivity contribution in [3.63, 3.8) is 0 Å². The Morgan fingerprint density at radius 2 is 1.89 bits per heavy atom. The first kappa shape index (κ1) is 22.8. The van der Waals surface area contributed by atoms with Gasteiger partial charge in [0, 0.05) is 17.9 Å². The van der Waals surface area contributed by atoms with Crippen molar-refractivity contribution in [2.24, 2.45) is 0 Å². The second-order valence-corrected chi connectivity index (χ2v) is 9.05. The summed E-state index contributed by atoms with van der Waals surface area (Å²) >= 11 is 1.60. The lowest BCUT2D eigenvalue weighted by molar-refractivity contribution is -0.0517. The molecular formula is C19H23F3O4S2. The maximum Gasteiger partial charge on any atom is 0.485 e. The zero-order valence-corrected chi connectivity index (χ0v) is 17.1. The molecule has 1 fully saturated rings. The van der Waals surface area contributed by atoms with Crippen molar-refractivity contribution in [1.29, 1.82) is 0 Å². The summed E-state index contributed by atoms with van der Waals surface area (Å²) in [4.78, 5) is 0. The van der Waals surface area contributed by atoms with E-state index in [0.717, 1.165) is 18.8 Å². The van der Waals surface area contributed by atoms with Crippen LogP contribution in [0.25, 0.3) is 10.8 Å². The highest BCUT2D eigenvalue weighted by Gasteiger charge is 2.37. The molecule has 0 aliphatic carbocycles. The fraction of sp³-hybridized carbons (Fsp3) is 0.474. The van der Waals surface area contributed by atoms with Gasteiger partial charge in [-0.05, 0) is 35.0 Å². The summed E-state index contributed by atoms with van der Waals surface area (Å²) in [6.45, 7) is 3.05. The highest BCUT2D eigenvalue weighted by molar-refractivity contribution is 7.86. The molecule has 0 spiro atoms. The van der Waals surface area contributed by atoms with E-state index in [1.165, 1.54) is 40.7 Å². The number of rotatable bonds is 5. The molecule has 0 aromatic heterocycles. The van der Waals surface area contributed by atoms with Gasteiger partial charge in [-0.3, -0.25) is 0 Å². The van der Waals surface area contributed by atoms with Crippen LogP contribution in [-0.4, -0.2) is 36.6 Å². The Bertz CT molecular complexity index is 876. The Morgan fingerprint density at radius 1 is 1.21 bits per heavy atom. The first-order valence-corrected chi connectivity index (χ1v) is 11.6. The van der Waals surface area contributed by atoms with Gasteiger partial charge in [-0.1, -0.05) is 43.7 Å². The van der Waals surface area contributed by atoms with E-state index in [1.54, 1.807) is 11.8 Å². The number of hydrogen-bond acceptors (Lipinski definition) is 4. The Balaban J connectivity index is 0.000000300. The second kappa shape index (κ2) is 9.84. The molecule has 0 amide bonds. The van der Waals surface area contributed by atoms with Crippen LogP contribution < -0.4 is 4.74 Å². The molecule has 1 aliphatic heterocycles. The molecule has 2 aromatic carbocycles. The lowest BCUT2D eigenvalue weighted by atomic mass is 9.92. The van der Waals surface area contributed by atoms with Gasteiger partial charge in [-0.25, -0.2) is 8.42 Å². The van der Waals surface area contributed by atoms with Crippen LogP contribution in [0.1, 0.15) is 37.7 Å². The zero-order valence-electron chi connectivity index (χ0n) is 15.4. The third-order valence-electron chi connectivity index (χ3n) is 4.36. The SMILES string of the molecule is CCCCOc1ccc2ccccc2c1C1CC[SH+]C1.O=S(=O)([O-])C(F)(F)F. The summed E-state index contributed by atoms with van der Waals surface area (Å²) in [6.07, 6.45) is 3.62. The number of benzene rings is 2. The maximum absolute atomic E-state index is 10.7. The highest BCUT2D eigenvalue weighted by atomic mass is 32.2. The van der Waals surface area contributed by atoms with Crippen LogP contribution in [0, 0.1) is 0 Å². The maximum atomic E-state index is 10.7. The van der Waals surface area contributed by atoms with E-state index in [1.807, 2.05) is 0 Å². The minimum absolute atomic E-state index is 0.680. The van der Waals surface area contributed by atoms with E-state index in [4.69, 9.17) is 17.7 Å². The van der Waals surface area contributed by atoms with Crippen LogP contribution in [0.2, 0.25) is 0 Å². The van der Waals surface area contributed by atoms with Crippen LogP contribution in [0.4, 0.5) is 13.2 Å². The van der Waals surface area contributed by atoms with Gasteiger partial charge in [0.1, 0.15) is 17.3 Å². The lowest BCUT2D eigenvalue weighted by Crippen LogP contribution is -2.21. The lowest BCUT2D eigenvalue weighted by Gasteiger charge is -2.17. The molecule has 0 N–H and O–H groups in total. The number of ether oxygens (including phenoxy) is 1. The smallest absolute Gasteiger partial charge is 0.485 e. The molecule has 9 heteroatoms. The third-order valence-corrected chi connectivity index (χ3v) is 6.20. The molecule has 28 heavy (non-hydrogen) atoms. The average molecular weight is 437 g/mol. The minimum Gasteiger partial charge on any atom is -0.741 e. The topological polar surface area (TPSA) is 66.4 Å². The molecule has 1 unspecified atom stereocenters. The number of alkyl halides is 3. The monoisotopic (exact) mass is 436 g/mol. The van der Waals surface area contributed by atoms with Gasteiger partial charge >= 0.3 is 5.51 Å². The Hall–Kier alpha value is -1.45. The largest absolute Gasteiger partial charge is 0.741 e. The molecule has 3 rings (SSSR count). The first-order chi connectivity index (χ1) is 13.1. The number of unbranched alkanes of at least 4 members (excludes halogenated alkanes) is 1. The predicted molar refractivity (Wildman–Crippen MR) is 106 cm³/mol. The van der Waals surface area contributed by atoms with Crippen LogP contribution >= 0.6 is 0 Å². The quantitative estimate of drug-likeness (QED) is 0.229. The van der Waals surface area contributed by atoms with E-state index < -0.39 is 15.6 Å². The van der Waals surface area contributed by atoms with Gasteiger partial charge in [0.15, 0.2) is 10.1 Å². The molecule has 2 aromatic rings. The minimum atomic E-state index is -6.09. The summed E-state index contributed by atoms with van der Waals surface area (Å²) in [5, 5.41) is 2.73. The first-order valence-electron chi connectivity index (χ1n) is 8.95. The molecule has 0 bridgehead atoms. The fourth-order valence-corrected chi connectivity index (χ4v) is 4.32. The van der Waals surface area contributed by atoms with Crippen LogP contribution in [0.15, 0.2) is 36.4 Å². The van der Waals surface area contributed by atoms with Crippen LogP contribution in [0.3, 0.4) is 0 Å².